The van der Waals surface area contributed by atoms with Crippen LogP contribution in [0, 0.1) is 11.8 Å². The molecule has 2 amide bonds. The summed E-state index contributed by atoms with van der Waals surface area (Å²) in [5.41, 5.74) is 2.94. The summed E-state index contributed by atoms with van der Waals surface area (Å²) in [5.74, 6) is -3.90. The topological polar surface area (TPSA) is 74.7 Å². The Morgan fingerprint density at radius 3 is 1.97 bits per heavy atom. The van der Waals surface area contributed by atoms with Crippen molar-refractivity contribution in [3.05, 3.63) is 101 Å². The van der Waals surface area contributed by atoms with Crippen LogP contribution in [0.1, 0.15) is 40.7 Å². The molecule has 0 unspecified atom stereocenters. The molecule has 1 heterocycles. The fraction of sp³-hybridized carbons (Fsp3) is 0.222. The Balaban J connectivity index is 1.63. The lowest BCUT2D eigenvalue weighted by Gasteiger charge is -2.51. The molecule has 0 radical (unpaired) electrons. The van der Waals surface area contributed by atoms with Crippen LogP contribution in [0.15, 0.2) is 72.8 Å². The first-order valence-electron chi connectivity index (χ1n) is 10.9. The zero-order valence-electron chi connectivity index (χ0n) is 17.5. The lowest BCUT2D eigenvalue weighted by molar-refractivity contribution is -0.149. The summed E-state index contributed by atoms with van der Waals surface area (Å²) in [5, 5.41) is 10.7. The lowest BCUT2D eigenvalue weighted by Crippen LogP contribution is -2.57. The number of aliphatic carboxylic acids is 1. The summed E-state index contributed by atoms with van der Waals surface area (Å²) >= 11 is 0. The number of aryl methyl sites for hydroxylation is 1. The van der Waals surface area contributed by atoms with Crippen LogP contribution in [0.3, 0.4) is 0 Å². The number of nitrogens with zero attached hydrogens (tertiary/aromatic N) is 1. The number of hydrogen-bond donors (Lipinski definition) is 1. The standard InChI is InChI=1S/C27H21NO4/c1-2-15-11-13-16(14-12-15)28-24(29)22-21-17-7-3-5-9-19(17)27(26(31)32,23(22)25(28)30)20-10-6-4-8-18(20)21/h3-14,21-23H,2H2,1H3,(H,31,32)/t21?,22-,23-,27?/m1/s1. The summed E-state index contributed by atoms with van der Waals surface area (Å²) in [6, 6.07) is 22.1. The summed E-state index contributed by atoms with van der Waals surface area (Å²) in [7, 11) is 0. The van der Waals surface area contributed by atoms with E-state index in [9.17, 15) is 19.5 Å². The monoisotopic (exact) mass is 423 g/mol. The average molecular weight is 423 g/mol. The number of carboxylic acid groups (broad SMARTS) is 1. The molecule has 7 rings (SSSR count). The van der Waals surface area contributed by atoms with Gasteiger partial charge in [-0.2, -0.15) is 0 Å². The van der Waals surface area contributed by atoms with E-state index in [2.05, 4.69) is 0 Å². The molecule has 32 heavy (non-hydrogen) atoms. The molecular weight excluding hydrogens is 402 g/mol. The number of carbonyl (C=O) groups excluding carboxylic acids is 2. The predicted molar refractivity (Wildman–Crippen MR) is 118 cm³/mol. The molecule has 3 aliphatic carbocycles. The van der Waals surface area contributed by atoms with Gasteiger partial charge in [0.05, 0.1) is 17.5 Å². The van der Waals surface area contributed by atoms with E-state index in [1.54, 1.807) is 24.3 Å². The van der Waals surface area contributed by atoms with Gasteiger partial charge in [-0.25, -0.2) is 4.90 Å². The maximum Gasteiger partial charge on any atom is 0.319 e. The molecule has 1 fully saturated rings. The Labute approximate surface area is 185 Å². The van der Waals surface area contributed by atoms with Crippen molar-refractivity contribution in [2.75, 3.05) is 4.90 Å². The van der Waals surface area contributed by atoms with Crippen molar-refractivity contribution in [3.63, 3.8) is 0 Å². The van der Waals surface area contributed by atoms with Gasteiger partial charge in [-0.05, 0) is 46.4 Å². The van der Waals surface area contributed by atoms with Gasteiger partial charge in [0.15, 0.2) is 0 Å². The SMILES string of the molecule is CCc1ccc(N2C(=O)[C@@H]3C4c5ccccc5C(C(=O)O)(c5ccccc54)[C@H]3C2=O)cc1. The minimum absolute atomic E-state index is 0.316. The van der Waals surface area contributed by atoms with Crippen molar-refractivity contribution >= 4 is 23.5 Å². The van der Waals surface area contributed by atoms with Crippen LogP contribution < -0.4 is 4.90 Å². The summed E-state index contributed by atoms with van der Waals surface area (Å²) in [6.45, 7) is 2.04. The fourth-order valence-electron chi connectivity index (χ4n) is 6.27. The molecule has 1 N–H and O–H groups in total. The first-order valence-corrected chi connectivity index (χ1v) is 10.9. The average Bonchev–Trinajstić information content (AvgIpc) is 3.09. The largest absolute Gasteiger partial charge is 0.480 e. The molecule has 4 aliphatic rings. The third-order valence-corrected chi connectivity index (χ3v) is 7.56. The number of anilines is 1. The molecule has 3 aromatic carbocycles. The van der Waals surface area contributed by atoms with Gasteiger partial charge in [-0.15, -0.1) is 0 Å². The maximum absolute atomic E-state index is 13.9. The third kappa shape index (κ3) is 2.06. The van der Waals surface area contributed by atoms with Crippen LogP contribution in [0.25, 0.3) is 0 Å². The van der Waals surface area contributed by atoms with E-state index in [-0.39, 0.29) is 11.8 Å². The van der Waals surface area contributed by atoms with Crippen molar-refractivity contribution in [2.45, 2.75) is 24.7 Å². The number of amides is 2. The van der Waals surface area contributed by atoms with E-state index in [0.29, 0.717) is 16.8 Å². The highest BCUT2D eigenvalue weighted by Crippen LogP contribution is 2.64. The molecule has 2 bridgehead atoms. The van der Waals surface area contributed by atoms with Gasteiger partial charge in [0.25, 0.3) is 0 Å². The van der Waals surface area contributed by atoms with E-state index in [1.165, 1.54) is 4.90 Å². The van der Waals surface area contributed by atoms with E-state index < -0.39 is 29.1 Å². The lowest BCUT2D eigenvalue weighted by atomic mass is 9.47. The molecule has 158 valence electrons. The molecular formula is C27H21NO4. The van der Waals surface area contributed by atoms with Crippen molar-refractivity contribution in [1.29, 1.82) is 0 Å². The smallest absolute Gasteiger partial charge is 0.319 e. The Morgan fingerprint density at radius 2 is 1.44 bits per heavy atom. The molecule has 0 saturated carbocycles. The molecule has 5 nitrogen and oxygen atoms in total. The normalized spacial score (nSPS) is 27.2. The zero-order valence-corrected chi connectivity index (χ0v) is 17.5. The van der Waals surface area contributed by atoms with Gasteiger partial charge >= 0.3 is 5.97 Å². The number of benzene rings is 3. The highest BCUT2D eigenvalue weighted by molar-refractivity contribution is 6.25. The van der Waals surface area contributed by atoms with Gasteiger partial charge in [0, 0.05) is 5.92 Å². The minimum Gasteiger partial charge on any atom is -0.480 e. The highest BCUT2D eigenvalue weighted by Gasteiger charge is 2.71. The van der Waals surface area contributed by atoms with Crippen molar-refractivity contribution in [3.8, 4) is 0 Å². The van der Waals surface area contributed by atoms with Crippen LogP contribution in [0.5, 0.6) is 0 Å². The van der Waals surface area contributed by atoms with E-state index in [0.717, 1.165) is 23.1 Å². The molecule has 1 aliphatic heterocycles. The Kier molecular flexibility index (Phi) is 3.79. The molecule has 1 saturated heterocycles. The molecule has 0 aromatic heterocycles. The summed E-state index contributed by atoms with van der Waals surface area (Å²) in [6.07, 6.45) is 0.849. The van der Waals surface area contributed by atoms with E-state index in [4.69, 9.17) is 0 Å². The van der Waals surface area contributed by atoms with Crippen LogP contribution in [-0.2, 0) is 26.2 Å². The second-order valence-corrected chi connectivity index (χ2v) is 8.80. The number of rotatable bonds is 3. The van der Waals surface area contributed by atoms with Crippen molar-refractivity contribution < 1.29 is 19.5 Å². The predicted octanol–water partition coefficient (Wildman–Crippen LogP) is 3.88. The molecule has 5 heteroatoms. The Hall–Kier alpha value is -3.73. The van der Waals surface area contributed by atoms with E-state index in [1.807, 2.05) is 55.5 Å². The third-order valence-electron chi connectivity index (χ3n) is 7.56. The second kappa shape index (κ2) is 6.39. The second-order valence-electron chi connectivity index (χ2n) is 8.80. The Bertz CT molecular complexity index is 1260. The van der Waals surface area contributed by atoms with Crippen molar-refractivity contribution in [1.82, 2.24) is 0 Å². The molecule has 0 spiro atoms. The zero-order chi connectivity index (χ0) is 22.2. The molecule has 3 aromatic rings. The van der Waals surface area contributed by atoms with Gasteiger partial charge in [0.2, 0.25) is 11.8 Å². The van der Waals surface area contributed by atoms with Crippen molar-refractivity contribution in [2.24, 2.45) is 11.8 Å². The fourth-order valence-corrected chi connectivity index (χ4v) is 6.27. The molecule has 2 atom stereocenters. The van der Waals surface area contributed by atoms with Gasteiger partial charge < -0.3 is 5.11 Å². The van der Waals surface area contributed by atoms with Gasteiger partial charge in [0.1, 0.15) is 5.41 Å². The summed E-state index contributed by atoms with van der Waals surface area (Å²) < 4.78 is 0. The quantitative estimate of drug-likeness (QED) is 0.649. The highest BCUT2D eigenvalue weighted by atomic mass is 16.4. The first-order chi connectivity index (χ1) is 15.5. The van der Waals surface area contributed by atoms with Crippen LogP contribution in [0.2, 0.25) is 0 Å². The van der Waals surface area contributed by atoms with Gasteiger partial charge in [-0.1, -0.05) is 67.6 Å². The number of hydrogen-bond acceptors (Lipinski definition) is 3. The number of carbonyl (C=O) groups is 3. The maximum atomic E-state index is 13.9. The van der Waals surface area contributed by atoms with Crippen LogP contribution in [-0.4, -0.2) is 22.9 Å². The Morgan fingerprint density at radius 1 is 0.875 bits per heavy atom. The number of imide groups is 1. The van der Waals surface area contributed by atoms with E-state index >= 15 is 0 Å². The van der Waals surface area contributed by atoms with Gasteiger partial charge in [-0.3, -0.25) is 14.4 Å². The minimum atomic E-state index is -1.59. The first kappa shape index (κ1) is 19.0. The van der Waals surface area contributed by atoms with Crippen LogP contribution in [0.4, 0.5) is 5.69 Å². The summed E-state index contributed by atoms with van der Waals surface area (Å²) in [4.78, 5) is 42.0. The number of carboxylic acids is 1. The van der Waals surface area contributed by atoms with Crippen LogP contribution >= 0.6 is 0 Å².